The molecule has 3 heteroatoms. The Morgan fingerprint density at radius 3 is 2.67 bits per heavy atom. The van der Waals surface area contributed by atoms with Gasteiger partial charge in [0.1, 0.15) is 12.7 Å². The number of hydrogen-bond acceptors (Lipinski definition) is 3. The molecule has 3 nitrogen and oxygen atoms in total. The molecule has 1 heterocycles. The highest BCUT2D eigenvalue weighted by atomic mass is 16.6. The molecule has 1 aliphatic heterocycles. The van der Waals surface area contributed by atoms with Crippen molar-refractivity contribution in [2.75, 3.05) is 6.61 Å². The van der Waals surface area contributed by atoms with Crippen LogP contribution in [0.5, 0.6) is 11.5 Å². The second-order valence-electron chi connectivity index (χ2n) is 5.46. The third-order valence-corrected chi connectivity index (χ3v) is 4.09. The molecule has 1 saturated carbocycles. The number of ether oxygens (including phenoxy) is 2. The average Bonchev–Trinajstić information content (AvgIpc) is 2.91. The standard InChI is InChI=1S/C15H21NO2/c16-12(9-11-5-1-2-6-11)15-10-17-13-7-3-4-8-14(13)18-15/h3-4,7-8,11-12,15H,1-2,5-6,9-10,16H2/t12-,15-/m1/s1. The molecule has 0 aromatic heterocycles. The Labute approximate surface area is 108 Å². The average molecular weight is 247 g/mol. The van der Waals surface area contributed by atoms with Gasteiger partial charge in [-0.05, 0) is 24.5 Å². The summed E-state index contributed by atoms with van der Waals surface area (Å²) in [6.45, 7) is 0.574. The topological polar surface area (TPSA) is 44.5 Å². The summed E-state index contributed by atoms with van der Waals surface area (Å²) in [6, 6.07) is 7.90. The van der Waals surface area contributed by atoms with Crippen LogP contribution in [0.2, 0.25) is 0 Å². The van der Waals surface area contributed by atoms with E-state index in [4.69, 9.17) is 15.2 Å². The van der Waals surface area contributed by atoms with Gasteiger partial charge in [0.2, 0.25) is 0 Å². The zero-order valence-corrected chi connectivity index (χ0v) is 10.7. The summed E-state index contributed by atoms with van der Waals surface area (Å²) < 4.78 is 11.7. The Hall–Kier alpha value is -1.22. The maximum Gasteiger partial charge on any atom is 0.161 e. The molecule has 2 N–H and O–H groups in total. The number of hydrogen-bond donors (Lipinski definition) is 1. The van der Waals surface area contributed by atoms with Crippen LogP contribution in [0.3, 0.4) is 0 Å². The van der Waals surface area contributed by atoms with E-state index in [0.29, 0.717) is 6.61 Å². The van der Waals surface area contributed by atoms with Crippen molar-refractivity contribution in [1.29, 1.82) is 0 Å². The van der Waals surface area contributed by atoms with E-state index in [9.17, 15) is 0 Å². The molecule has 1 fully saturated rings. The van der Waals surface area contributed by atoms with Crippen molar-refractivity contribution in [1.82, 2.24) is 0 Å². The summed E-state index contributed by atoms with van der Waals surface area (Å²) in [7, 11) is 0. The maximum absolute atomic E-state index is 6.28. The van der Waals surface area contributed by atoms with Gasteiger partial charge >= 0.3 is 0 Å². The first kappa shape index (κ1) is 11.8. The highest BCUT2D eigenvalue weighted by Gasteiger charge is 2.29. The van der Waals surface area contributed by atoms with Crippen molar-refractivity contribution < 1.29 is 9.47 Å². The summed E-state index contributed by atoms with van der Waals surface area (Å²) >= 11 is 0. The molecular formula is C15H21NO2. The molecule has 0 spiro atoms. The van der Waals surface area contributed by atoms with Crippen LogP contribution in [-0.2, 0) is 0 Å². The van der Waals surface area contributed by atoms with E-state index in [1.54, 1.807) is 0 Å². The Morgan fingerprint density at radius 2 is 1.89 bits per heavy atom. The predicted octanol–water partition coefficient (Wildman–Crippen LogP) is 2.73. The normalized spacial score (nSPS) is 25.1. The van der Waals surface area contributed by atoms with E-state index in [2.05, 4.69) is 0 Å². The lowest BCUT2D eigenvalue weighted by atomic mass is 9.95. The van der Waals surface area contributed by atoms with Crippen LogP contribution in [-0.4, -0.2) is 18.8 Å². The lowest BCUT2D eigenvalue weighted by Gasteiger charge is -2.31. The lowest BCUT2D eigenvalue weighted by molar-refractivity contribution is 0.0659. The van der Waals surface area contributed by atoms with Gasteiger partial charge in [0.05, 0.1) is 0 Å². The first-order chi connectivity index (χ1) is 8.83. The molecule has 1 aromatic rings. The van der Waals surface area contributed by atoms with Gasteiger partial charge in [-0.25, -0.2) is 0 Å². The Bertz CT molecular complexity index is 401. The van der Waals surface area contributed by atoms with Crippen molar-refractivity contribution in [3.05, 3.63) is 24.3 Å². The fourth-order valence-electron chi connectivity index (χ4n) is 3.03. The van der Waals surface area contributed by atoms with Gasteiger partial charge in [0, 0.05) is 6.04 Å². The summed E-state index contributed by atoms with van der Waals surface area (Å²) in [5, 5.41) is 0. The van der Waals surface area contributed by atoms with Crippen molar-refractivity contribution >= 4 is 0 Å². The molecule has 0 radical (unpaired) electrons. The molecule has 2 aliphatic rings. The molecule has 2 atom stereocenters. The molecule has 0 amide bonds. The van der Waals surface area contributed by atoms with Crippen LogP contribution in [0.4, 0.5) is 0 Å². The second kappa shape index (κ2) is 5.19. The Morgan fingerprint density at radius 1 is 1.17 bits per heavy atom. The SMILES string of the molecule is N[C@H](CC1CCCC1)[C@H]1COc2ccccc2O1. The molecule has 0 saturated heterocycles. The molecule has 98 valence electrons. The number of rotatable bonds is 3. The van der Waals surface area contributed by atoms with Crippen LogP contribution in [0.1, 0.15) is 32.1 Å². The second-order valence-corrected chi connectivity index (χ2v) is 5.46. The van der Waals surface area contributed by atoms with Gasteiger partial charge in [-0.2, -0.15) is 0 Å². The number of nitrogens with two attached hydrogens (primary N) is 1. The van der Waals surface area contributed by atoms with Crippen molar-refractivity contribution in [3.63, 3.8) is 0 Å². The maximum atomic E-state index is 6.28. The first-order valence-corrected chi connectivity index (χ1v) is 6.97. The van der Waals surface area contributed by atoms with Gasteiger partial charge in [0.15, 0.2) is 11.5 Å². The van der Waals surface area contributed by atoms with E-state index >= 15 is 0 Å². The lowest BCUT2D eigenvalue weighted by Crippen LogP contribution is -2.45. The van der Waals surface area contributed by atoms with Crippen molar-refractivity contribution in [2.24, 2.45) is 11.7 Å². The molecule has 1 aromatic carbocycles. The van der Waals surface area contributed by atoms with Crippen LogP contribution < -0.4 is 15.2 Å². The Balaban J connectivity index is 1.60. The van der Waals surface area contributed by atoms with Crippen molar-refractivity contribution in [3.8, 4) is 11.5 Å². The molecule has 0 bridgehead atoms. The zero-order valence-electron chi connectivity index (χ0n) is 10.7. The minimum absolute atomic E-state index is 0.000463. The van der Waals surface area contributed by atoms with Gasteiger partial charge in [-0.15, -0.1) is 0 Å². The van der Waals surface area contributed by atoms with Crippen molar-refractivity contribution in [2.45, 2.75) is 44.2 Å². The van der Waals surface area contributed by atoms with Gasteiger partial charge in [-0.1, -0.05) is 37.8 Å². The third kappa shape index (κ3) is 2.46. The highest BCUT2D eigenvalue weighted by Crippen LogP contribution is 2.33. The monoisotopic (exact) mass is 247 g/mol. The molecule has 1 aliphatic carbocycles. The summed E-state index contributed by atoms with van der Waals surface area (Å²) in [5.41, 5.74) is 6.28. The minimum atomic E-state index is 0.000463. The summed E-state index contributed by atoms with van der Waals surface area (Å²) in [4.78, 5) is 0. The van der Waals surface area contributed by atoms with E-state index < -0.39 is 0 Å². The number of para-hydroxylation sites is 2. The van der Waals surface area contributed by atoms with E-state index in [-0.39, 0.29) is 12.1 Å². The quantitative estimate of drug-likeness (QED) is 0.893. The van der Waals surface area contributed by atoms with Gasteiger partial charge in [0.25, 0.3) is 0 Å². The van der Waals surface area contributed by atoms with Crippen LogP contribution in [0.25, 0.3) is 0 Å². The summed E-state index contributed by atoms with van der Waals surface area (Å²) in [5.74, 6) is 2.46. The van der Waals surface area contributed by atoms with Gasteiger partial charge in [-0.3, -0.25) is 0 Å². The molecule has 3 rings (SSSR count). The molecule has 18 heavy (non-hydrogen) atoms. The molecule has 0 unspecified atom stereocenters. The number of fused-ring (bicyclic) bond motifs is 1. The van der Waals surface area contributed by atoms with Crippen LogP contribution >= 0.6 is 0 Å². The van der Waals surface area contributed by atoms with Crippen LogP contribution in [0, 0.1) is 5.92 Å². The Kier molecular flexibility index (Phi) is 3.41. The highest BCUT2D eigenvalue weighted by molar-refractivity contribution is 5.40. The number of benzene rings is 1. The summed E-state index contributed by atoms with van der Waals surface area (Å²) in [6.07, 6.45) is 6.46. The van der Waals surface area contributed by atoms with E-state index in [1.165, 1.54) is 25.7 Å². The van der Waals surface area contributed by atoms with E-state index in [1.807, 2.05) is 24.3 Å². The smallest absolute Gasteiger partial charge is 0.161 e. The fraction of sp³-hybridized carbons (Fsp3) is 0.600. The first-order valence-electron chi connectivity index (χ1n) is 6.97. The largest absolute Gasteiger partial charge is 0.486 e. The fourth-order valence-corrected chi connectivity index (χ4v) is 3.03. The zero-order chi connectivity index (χ0) is 12.4. The third-order valence-electron chi connectivity index (χ3n) is 4.09. The molecular weight excluding hydrogens is 226 g/mol. The van der Waals surface area contributed by atoms with Gasteiger partial charge < -0.3 is 15.2 Å². The van der Waals surface area contributed by atoms with Crippen LogP contribution in [0.15, 0.2) is 24.3 Å². The predicted molar refractivity (Wildman–Crippen MR) is 70.9 cm³/mol. The van der Waals surface area contributed by atoms with E-state index in [0.717, 1.165) is 23.8 Å². The minimum Gasteiger partial charge on any atom is -0.486 e.